The Morgan fingerprint density at radius 1 is 1.16 bits per heavy atom. The Hall–Kier alpha value is -3.68. The van der Waals surface area contributed by atoms with E-state index in [1.807, 2.05) is 18.2 Å². The molecule has 1 heterocycles. The van der Waals surface area contributed by atoms with E-state index in [9.17, 15) is 14.9 Å². The number of ether oxygens (including phenoxy) is 2. The Morgan fingerprint density at radius 3 is 2.60 bits per heavy atom. The highest BCUT2D eigenvalue weighted by molar-refractivity contribution is 5.75. The van der Waals surface area contributed by atoms with Crippen molar-refractivity contribution in [3.63, 3.8) is 0 Å². The Bertz CT molecular complexity index is 918. The molecular formula is C17H13N3O5. The summed E-state index contributed by atoms with van der Waals surface area (Å²) in [5.74, 6) is 0.882. The summed E-state index contributed by atoms with van der Waals surface area (Å²) < 4.78 is 11.5. The van der Waals surface area contributed by atoms with E-state index in [2.05, 4.69) is 4.98 Å². The molecule has 0 bridgehead atoms. The number of nitrogens with zero attached hydrogens (tertiary/aromatic N) is 3. The first kappa shape index (κ1) is 16.2. The molecule has 0 radical (unpaired) electrons. The van der Waals surface area contributed by atoms with Crippen LogP contribution in [0.1, 0.15) is 0 Å². The summed E-state index contributed by atoms with van der Waals surface area (Å²) in [4.78, 5) is 26.4. The zero-order valence-corrected chi connectivity index (χ0v) is 13.2. The van der Waals surface area contributed by atoms with Crippen molar-refractivity contribution in [2.75, 3.05) is 7.11 Å². The number of carbonyl (C=O) groups is 1. The first-order valence-electron chi connectivity index (χ1n) is 7.22. The number of benzene rings is 2. The highest BCUT2D eigenvalue weighted by Gasteiger charge is 2.12. The van der Waals surface area contributed by atoms with Crippen LogP contribution in [0.25, 0.3) is 11.3 Å². The molecule has 0 spiro atoms. The second kappa shape index (κ2) is 6.83. The van der Waals surface area contributed by atoms with Crippen LogP contribution in [0.4, 0.5) is 10.5 Å². The predicted molar refractivity (Wildman–Crippen MR) is 88.7 cm³/mol. The van der Waals surface area contributed by atoms with E-state index in [1.165, 1.54) is 41.4 Å². The monoisotopic (exact) mass is 339 g/mol. The number of aromatic nitrogens is 2. The number of hydrogen-bond acceptors (Lipinski definition) is 6. The highest BCUT2D eigenvalue weighted by atomic mass is 16.6. The number of non-ortho nitro benzene ring substituents is 1. The van der Waals surface area contributed by atoms with Crippen molar-refractivity contribution < 1.29 is 19.2 Å². The number of methoxy groups -OCH3 is 1. The molecule has 3 aromatic rings. The van der Waals surface area contributed by atoms with Gasteiger partial charge in [-0.2, -0.15) is 0 Å². The summed E-state index contributed by atoms with van der Waals surface area (Å²) in [6.07, 6.45) is 2.20. The molecule has 0 N–H and O–H groups in total. The van der Waals surface area contributed by atoms with Crippen LogP contribution in [0, 0.1) is 10.1 Å². The number of carbonyl (C=O) groups excluding carboxylic acids is 1. The lowest BCUT2D eigenvalue weighted by Gasteiger charge is -2.04. The van der Waals surface area contributed by atoms with E-state index in [1.54, 1.807) is 13.2 Å². The van der Waals surface area contributed by atoms with Crippen LogP contribution in [0.3, 0.4) is 0 Å². The second-order valence-electron chi connectivity index (χ2n) is 5.02. The van der Waals surface area contributed by atoms with Crippen LogP contribution in [-0.2, 0) is 0 Å². The average Bonchev–Trinajstić information content (AvgIpc) is 3.12. The third-order valence-corrected chi connectivity index (χ3v) is 3.41. The van der Waals surface area contributed by atoms with E-state index in [0.717, 1.165) is 5.56 Å². The molecule has 0 saturated carbocycles. The van der Waals surface area contributed by atoms with E-state index in [0.29, 0.717) is 11.4 Å². The van der Waals surface area contributed by atoms with E-state index in [-0.39, 0.29) is 11.4 Å². The fourth-order valence-corrected chi connectivity index (χ4v) is 2.14. The molecule has 0 unspecified atom stereocenters. The topological polar surface area (TPSA) is 96.5 Å². The number of nitro groups is 1. The smallest absolute Gasteiger partial charge is 0.424 e. The van der Waals surface area contributed by atoms with E-state index >= 15 is 0 Å². The lowest BCUT2D eigenvalue weighted by atomic mass is 10.1. The normalized spacial score (nSPS) is 10.3. The lowest BCUT2D eigenvalue weighted by molar-refractivity contribution is -0.384. The summed E-state index contributed by atoms with van der Waals surface area (Å²) in [5.41, 5.74) is 1.29. The fourth-order valence-electron chi connectivity index (χ4n) is 2.14. The molecule has 0 aliphatic carbocycles. The molecular weight excluding hydrogens is 326 g/mol. The molecule has 126 valence electrons. The third-order valence-electron chi connectivity index (χ3n) is 3.41. The van der Waals surface area contributed by atoms with Gasteiger partial charge in [0, 0.05) is 23.9 Å². The van der Waals surface area contributed by atoms with Crippen molar-refractivity contribution >= 4 is 11.8 Å². The molecule has 2 aromatic carbocycles. The number of imidazole rings is 1. The molecule has 1 aromatic heterocycles. The molecule has 0 saturated heterocycles. The van der Waals surface area contributed by atoms with Gasteiger partial charge in [-0.05, 0) is 24.3 Å². The van der Waals surface area contributed by atoms with Gasteiger partial charge in [-0.1, -0.05) is 12.1 Å². The minimum absolute atomic E-state index is 0.0808. The first-order valence-corrected chi connectivity index (χ1v) is 7.22. The molecule has 25 heavy (non-hydrogen) atoms. The first-order chi connectivity index (χ1) is 12.1. The maximum atomic E-state index is 12.1. The van der Waals surface area contributed by atoms with E-state index < -0.39 is 11.0 Å². The number of nitro benzene ring substituents is 1. The predicted octanol–water partition coefficient (Wildman–Crippen LogP) is 3.51. The van der Waals surface area contributed by atoms with Gasteiger partial charge in [0.15, 0.2) is 0 Å². The van der Waals surface area contributed by atoms with Gasteiger partial charge in [0.05, 0.1) is 17.7 Å². The molecule has 8 nitrogen and oxygen atoms in total. The molecule has 0 aliphatic rings. The van der Waals surface area contributed by atoms with Gasteiger partial charge in [0.2, 0.25) is 0 Å². The maximum Gasteiger partial charge on any atom is 0.424 e. The minimum atomic E-state index is -0.671. The summed E-state index contributed by atoms with van der Waals surface area (Å²) >= 11 is 0. The summed E-state index contributed by atoms with van der Waals surface area (Å²) in [6, 6.07) is 12.5. The Labute approximate surface area is 142 Å². The minimum Gasteiger partial charge on any atom is -0.497 e. The van der Waals surface area contributed by atoms with Crippen LogP contribution in [0.5, 0.6) is 11.5 Å². The van der Waals surface area contributed by atoms with Crippen LogP contribution < -0.4 is 9.47 Å². The van der Waals surface area contributed by atoms with Gasteiger partial charge >= 0.3 is 6.09 Å². The van der Waals surface area contributed by atoms with Crippen LogP contribution in [0.2, 0.25) is 0 Å². The Balaban J connectivity index is 1.75. The summed E-state index contributed by atoms with van der Waals surface area (Å²) in [7, 11) is 1.57. The zero-order chi connectivity index (χ0) is 17.8. The maximum absolute atomic E-state index is 12.1. The van der Waals surface area contributed by atoms with Gasteiger partial charge in [-0.25, -0.2) is 14.3 Å². The molecule has 0 amide bonds. The molecule has 3 rings (SSSR count). The number of hydrogen-bond donors (Lipinski definition) is 0. The quantitative estimate of drug-likeness (QED) is 0.533. The summed E-state index contributed by atoms with van der Waals surface area (Å²) in [5, 5.41) is 10.6. The lowest BCUT2D eigenvalue weighted by Crippen LogP contribution is -2.14. The molecule has 8 heteroatoms. The molecule has 0 fully saturated rings. The average molecular weight is 339 g/mol. The van der Waals surface area contributed by atoms with Gasteiger partial charge in [0.1, 0.15) is 17.8 Å². The zero-order valence-electron chi connectivity index (χ0n) is 13.2. The largest absolute Gasteiger partial charge is 0.497 e. The van der Waals surface area contributed by atoms with Crippen molar-refractivity contribution in [3.8, 4) is 22.8 Å². The van der Waals surface area contributed by atoms with Crippen LogP contribution in [0.15, 0.2) is 61.1 Å². The van der Waals surface area contributed by atoms with Crippen molar-refractivity contribution in [1.29, 1.82) is 0 Å². The van der Waals surface area contributed by atoms with Crippen molar-refractivity contribution in [2.24, 2.45) is 0 Å². The summed E-state index contributed by atoms with van der Waals surface area (Å²) in [6.45, 7) is 0. The van der Waals surface area contributed by atoms with Crippen molar-refractivity contribution in [2.45, 2.75) is 0 Å². The standard InChI is InChI=1S/C17H13N3O5/c1-24-15-4-2-3-12(9-15)16-10-19(11-18-16)17(21)25-14-7-5-13(6-8-14)20(22)23/h2-11H,1H3. The Morgan fingerprint density at radius 2 is 1.92 bits per heavy atom. The second-order valence-corrected chi connectivity index (χ2v) is 5.02. The van der Waals surface area contributed by atoms with Crippen molar-refractivity contribution in [1.82, 2.24) is 9.55 Å². The molecule has 0 aliphatic heterocycles. The van der Waals surface area contributed by atoms with E-state index in [4.69, 9.17) is 9.47 Å². The Kier molecular flexibility index (Phi) is 4.42. The van der Waals surface area contributed by atoms with Gasteiger partial charge in [-0.3, -0.25) is 10.1 Å². The highest BCUT2D eigenvalue weighted by Crippen LogP contribution is 2.22. The van der Waals surface area contributed by atoms with Crippen molar-refractivity contribution in [3.05, 3.63) is 71.2 Å². The van der Waals surface area contributed by atoms with Crippen LogP contribution >= 0.6 is 0 Å². The van der Waals surface area contributed by atoms with Gasteiger partial charge < -0.3 is 9.47 Å². The SMILES string of the molecule is COc1cccc(-c2cn(C(=O)Oc3ccc([N+](=O)[O-])cc3)cn2)c1. The fraction of sp³-hybridized carbons (Fsp3) is 0.0588. The van der Waals surface area contributed by atoms with Gasteiger partial charge in [-0.15, -0.1) is 0 Å². The number of rotatable bonds is 4. The van der Waals surface area contributed by atoms with Gasteiger partial charge in [0.25, 0.3) is 5.69 Å². The molecule has 0 atom stereocenters. The van der Waals surface area contributed by atoms with Crippen LogP contribution in [-0.4, -0.2) is 27.7 Å². The third kappa shape index (κ3) is 3.63.